The molecule has 0 fully saturated rings. The molecule has 1 nitrogen and oxygen atoms in total. The molecule has 0 unspecified atom stereocenters. The average molecular weight is 360 g/mol. The summed E-state index contributed by atoms with van der Waals surface area (Å²) in [6.45, 7) is 1.90. The maximum atomic E-state index is 3.51. The van der Waals surface area contributed by atoms with E-state index in [1.54, 1.807) is 0 Å². The Kier molecular flexibility index (Phi) is 7.57. The molecule has 0 aromatic heterocycles. The normalized spacial score (nSPS) is 11.3. The first-order valence-corrected chi connectivity index (χ1v) is 10.1. The Hall–Kier alpha value is -2.29. The van der Waals surface area contributed by atoms with Crippen molar-refractivity contribution in [3.8, 4) is 0 Å². The minimum Gasteiger partial charge on any atom is -0.312 e. The summed E-state index contributed by atoms with van der Waals surface area (Å²) in [5.41, 5.74) is 3.98. The fourth-order valence-corrected chi connectivity index (χ4v) is 4.03. The Labute approximate surface area is 161 Å². The van der Waals surface area contributed by atoms with Crippen molar-refractivity contribution in [2.24, 2.45) is 0 Å². The molecule has 26 heavy (non-hydrogen) atoms. The minimum atomic E-state index is 0.388. The lowest BCUT2D eigenvalue weighted by atomic mass is 10.0. The van der Waals surface area contributed by atoms with Gasteiger partial charge in [0.05, 0.1) is 5.25 Å². The summed E-state index contributed by atoms with van der Waals surface area (Å²) in [6.07, 6.45) is 4.35. The number of nitrogens with one attached hydrogen (secondary N) is 1. The summed E-state index contributed by atoms with van der Waals surface area (Å²) in [7, 11) is 0. The van der Waals surface area contributed by atoms with E-state index in [9.17, 15) is 0 Å². The Balaban J connectivity index is 1.47. The van der Waals surface area contributed by atoms with E-state index in [2.05, 4.69) is 102 Å². The van der Waals surface area contributed by atoms with Crippen molar-refractivity contribution in [2.75, 3.05) is 18.8 Å². The average Bonchev–Trinajstić information content (AvgIpc) is 2.72. The van der Waals surface area contributed by atoms with Gasteiger partial charge in [0.1, 0.15) is 0 Å². The standard InChI is InChI=1S/C24H25NS/c1-4-11-21(12-5-1)13-10-18-25-19-20-26-24(22-14-6-2-7-15-22)23-16-8-3-9-17-23/h1-17,24-25H,18-20H2/b13-10+. The first kappa shape index (κ1) is 18.5. The van der Waals surface area contributed by atoms with Crippen molar-refractivity contribution in [3.63, 3.8) is 0 Å². The second-order valence-corrected chi connectivity index (χ2v) is 7.30. The highest BCUT2D eigenvalue weighted by Crippen LogP contribution is 2.35. The van der Waals surface area contributed by atoms with Crippen LogP contribution in [0.4, 0.5) is 0 Å². The molecule has 0 saturated carbocycles. The lowest BCUT2D eigenvalue weighted by Gasteiger charge is -2.17. The zero-order chi connectivity index (χ0) is 17.9. The van der Waals surface area contributed by atoms with E-state index >= 15 is 0 Å². The lowest BCUT2D eigenvalue weighted by molar-refractivity contribution is 0.806. The number of thioether (sulfide) groups is 1. The zero-order valence-electron chi connectivity index (χ0n) is 14.9. The molecule has 0 aliphatic rings. The fraction of sp³-hybridized carbons (Fsp3) is 0.167. The molecule has 0 bridgehead atoms. The number of rotatable bonds is 9. The predicted molar refractivity (Wildman–Crippen MR) is 116 cm³/mol. The smallest absolute Gasteiger partial charge is 0.0547 e. The van der Waals surface area contributed by atoms with Crippen LogP contribution in [-0.2, 0) is 0 Å². The highest BCUT2D eigenvalue weighted by Gasteiger charge is 2.13. The van der Waals surface area contributed by atoms with Gasteiger partial charge < -0.3 is 5.32 Å². The maximum Gasteiger partial charge on any atom is 0.0547 e. The van der Waals surface area contributed by atoms with Crippen molar-refractivity contribution in [1.29, 1.82) is 0 Å². The van der Waals surface area contributed by atoms with Crippen LogP contribution >= 0.6 is 11.8 Å². The number of hydrogen-bond donors (Lipinski definition) is 1. The molecular weight excluding hydrogens is 334 g/mol. The van der Waals surface area contributed by atoms with E-state index in [-0.39, 0.29) is 0 Å². The third kappa shape index (κ3) is 5.91. The minimum absolute atomic E-state index is 0.388. The van der Waals surface area contributed by atoms with Crippen LogP contribution in [-0.4, -0.2) is 18.8 Å². The van der Waals surface area contributed by atoms with Gasteiger partial charge in [-0.1, -0.05) is 103 Å². The molecule has 2 heteroatoms. The number of benzene rings is 3. The molecule has 3 aromatic carbocycles. The van der Waals surface area contributed by atoms with Crippen LogP contribution in [0.3, 0.4) is 0 Å². The van der Waals surface area contributed by atoms with Crippen LogP contribution in [0.1, 0.15) is 21.9 Å². The SMILES string of the molecule is C(=C\c1ccccc1)/CNCCSC(c1ccccc1)c1ccccc1. The first-order chi connectivity index (χ1) is 12.9. The van der Waals surface area contributed by atoms with E-state index in [1.165, 1.54) is 16.7 Å². The summed E-state index contributed by atoms with van der Waals surface area (Å²) in [4.78, 5) is 0. The van der Waals surface area contributed by atoms with Gasteiger partial charge in [-0.25, -0.2) is 0 Å². The third-order valence-electron chi connectivity index (χ3n) is 4.14. The number of hydrogen-bond acceptors (Lipinski definition) is 2. The van der Waals surface area contributed by atoms with E-state index in [0.29, 0.717) is 5.25 Å². The Morgan fingerprint density at radius 1 is 0.731 bits per heavy atom. The van der Waals surface area contributed by atoms with Gasteiger partial charge in [0, 0.05) is 18.8 Å². The van der Waals surface area contributed by atoms with Crippen LogP contribution in [0.5, 0.6) is 0 Å². The van der Waals surface area contributed by atoms with E-state index < -0.39 is 0 Å². The van der Waals surface area contributed by atoms with Gasteiger partial charge in [0.15, 0.2) is 0 Å². The molecule has 0 aliphatic heterocycles. The molecular formula is C24H25NS. The van der Waals surface area contributed by atoms with Crippen molar-refractivity contribution >= 4 is 17.8 Å². The second kappa shape index (κ2) is 10.6. The summed E-state index contributed by atoms with van der Waals surface area (Å²) in [5, 5.41) is 3.89. The van der Waals surface area contributed by atoms with Gasteiger partial charge in [0.25, 0.3) is 0 Å². The largest absolute Gasteiger partial charge is 0.312 e. The quantitative estimate of drug-likeness (QED) is 0.484. The molecule has 0 heterocycles. The molecule has 0 radical (unpaired) electrons. The van der Waals surface area contributed by atoms with Gasteiger partial charge in [-0.15, -0.1) is 11.8 Å². The molecule has 3 rings (SSSR count). The topological polar surface area (TPSA) is 12.0 Å². The highest BCUT2D eigenvalue weighted by atomic mass is 32.2. The van der Waals surface area contributed by atoms with Gasteiger partial charge in [-0.2, -0.15) is 0 Å². The molecule has 0 saturated heterocycles. The summed E-state index contributed by atoms with van der Waals surface area (Å²) in [5.74, 6) is 1.08. The van der Waals surface area contributed by atoms with Crippen molar-refractivity contribution in [2.45, 2.75) is 5.25 Å². The van der Waals surface area contributed by atoms with E-state index in [4.69, 9.17) is 0 Å². The van der Waals surface area contributed by atoms with Crippen molar-refractivity contribution < 1.29 is 0 Å². The fourth-order valence-electron chi connectivity index (χ4n) is 2.83. The summed E-state index contributed by atoms with van der Waals surface area (Å²) in [6, 6.07) is 32.0. The second-order valence-electron chi connectivity index (χ2n) is 6.09. The van der Waals surface area contributed by atoms with Crippen LogP contribution in [0, 0.1) is 0 Å². The van der Waals surface area contributed by atoms with Crippen LogP contribution in [0.25, 0.3) is 6.08 Å². The molecule has 0 aliphatic carbocycles. The molecule has 0 amide bonds. The maximum absolute atomic E-state index is 3.51. The summed E-state index contributed by atoms with van der Waals surface area (Å²) < 4.78 is 0. The summed E-state index contributed by atoms with van der Waals surface area (Å²) >= 11 is 2.00. The van der Waals surface area contributed by atoms with Crippen molar-refractivity contribution in [3.05, 3.63) is 114 Å². The molecule has 0 atom stereocenters. The van der Waals surface area contributed by atoms with Crippen LogP contribution in [0.2, 0.25) is 0 Å². The van der Waals surface area contributed by atoms with Crippen LogP contribution in [0.15, 0.2) is 97.1 Å². The molecule has 132 valence electrons. The van der Waals surface area contributed by atoms with Gasteiger partial charge >= 0.3 is 0 Å². The predicted octanol–water partition coefficient (Wildman–Crippen LogP) is 5.81. The third-order valence-corrected chi connectivity index (χ3v) is 5.46. The highest BCUT2D eigenvalue weighted by molar-refractivity contribution is 7.99. The van der Waals surface area contributed by atoms with Crippen LogP contribution < -0.4 is 5.32 Å². The van der Waals surface area contributed by atoms with Crippen molar-refractivity contribution in [1.82, 2.24) is 5.32 Å². The molecule has 0 spiro atoms. The van der Waals surface area contributed by atoms with Gasteiger partial charge in [-0.3, -0.25) is 0 Å². The van der Waals surface area contributed by atoms with Gasteiger partial charge in [-0.05, 0) is 16.7 Å². The molecule has 3 aromatic rings. The Morgan fingerprint density at radius 3 is 1.85 bits per heavy atom. The Morgan fingerprint density at radius 2 is 1.27 bits per heavy atom. The Bertz CT molecular complexity index is 730. The lowest BCUT2D eigenvalue weighted by Crippen LogP contribution is -2.17. The monoisotopic (exact) mass is 359 g/mol. The molecule has 1 N–H and O–H groups in total. The van der Waals surface area contributed by atoms with E-state index in [1.807, 2.05) is 17.8 Å². The van der Waals surface area contributed by atoms with Gasteiger partial charge in [0.2, 0.25) is 0 Å². The zero-order valence-corrected chi connectivity index (χ0v) is 15.7. The first-order valence-electron chi connectivity index (χ1n) is 9.07. The van der Waals surface area contributed by atoms with E-state index in [0.717, 1.165) is 18.8 Å².